The average Bonchev–Trinajstić information content (AvgIpc) is 3.20. The zero-order valence-corrected chi connectivity index (χ0v) is 13.5. The van der Waals surface area contributed by atoms with Crippen LogP contribution in [0.1, 0.15) is 31.2 Å². The molecule has 0 aromatic heterocycles. The van der Waals surface area contributed by atoms with Gasteiger partial charge >= 0.3 is 0 Å². The number of methoxy groups -OCH3 is 1. The molecule has 0 unspecified atom stereocenters. The van der Waals surface area contributed by atoms with E-state index in [-0.39, 0.29) is 5.91 Å². The van der Waals surface area contributed by atoms with Gasteiger partial charge < -0.3 is 14.5 Å². The topological polar surface area (TPSA) is 32.8 Å². The van der Waals surface area contributed by atoms with Crippen LogP contribution in [0.4, 0.5) is 0 Å². The molecule has 2 aliphatic heterocycles. The molecule has 2 fully saturated rings. The van der Waals surface area contributed by atoms with Gasteiger partial charge in [-0.25, -0.2) is 0 Å². The molecular formula is C18H26N2O2. The molecule has 0 bridgehead atoms. The van der Waals surface area contributed by atoms with Crippen molar-refractivity contribution >= 4 is 5.91 Å². The lowest BCUT2D eigenvalue weighted by atomic mass is 10.1. The van der Waals surface area contributed by atoms with Crippen molar-refractivity contribution in [2.24, 2.45) is 0 Å². The minimum atomic E-state index is 0.270. The van der Waals surface area contributed by atoms with Crippen molar-refractivity contribution in [3.05, 3.63) is 29.8 Å². The molecule has 2 saturated heterocycles. The number of hydrogen-bond acceptors (Lipinski definition) is 3. The maximum absolute atomic E-state index is 12.6. The van der Waals surface area contributed by atoms with Gasteiger partial charge in [-0.2, -0.15) is 0 Å². The van der Waals surface area contributed by atoms with Crippen molar-refractivity contribution in [2.75, 3.05) is 33.3 Å². The van der Waals surface area contributed by atoms with E-state index in [0.717, 1.165) is 37.2 Å². The fourth-order valence-electron chi connectivity index (χ4n) is 3.64. The molecule has 1 atom stereocenters. The van der Waals surface area contributed by atoms with Crippen molar-refractivity contribution < 1.29 is 9.53 Å². The van der Waals surface area contributed by atoms with Gasteiger partial charge in [0.2, 0.25) is 5.91 Å². The second-order valence-corrected chi connectivity index (χ2v) is 6.42. The highest BCUT2D eigenvalue weighted by Crippen LogP contribution is 2.22. The van der Waals surface area contributed by atoms with Gasteiger partial charge in [0.05, 0.1) is 13.5 Å². The molecular weight excluding hydrogens is 276 g/mol. The Morgan fingerprint density at radius 2 is 1.86 bits per heavy atom. The van der Waals surface area contributed by atoms with E-state index >= 15 is 0 Å². The lowest BCUT2D eigenvalue weighted by Crippen LogP contribution is -2.43. The third-order valence-corrected chi connectivity index (χ3v) is 4.88. The van der Waals surface area contributed by atoms with Crippen LogP contribution < -0.4 is 4.74 Å². The Balaban J connectivity index is 1.57. The van der Waals surface area contributed by atoms with E-state index < -0.39 is 0 Å². The van der Waals surface area contributed by atoms with Crippen molar-refractivity contribution in [2.45, 2.75) is 38.1 Å². The van der Waals surface area contributed by atoms with Crippen LogP contribution in [0.3, 0.4) is 0 Å². The predicted molar refractivity (Wildman–Crippen MR) is 87.1 cm³/mol. The second-order valence-electron chi connectivity index (χ2n) is 6.42. The fraction of sp³-hybridized carbons (Fsp3) is 0.611. The molecule has 4 nitrogen and oxygen atoms in total. The highest BCUT2D eigenvalue weighted by Gasteiger charge is 2.30. The highest BCUT2D eigenvalue weighted by molar-refractivity contribution is 5.79. The van der Waals surface area contributed by atoms with E-state index in [1.165, 1.54) is 25.9 Å². The first-order chi connectivity index (χ1) is 10.8. The minimum Gasteiger partial charge on any atom is -0.497 e. The van der Waals surface area contributed by atoms with Crippen LogP contribution in [0, 0.1) is 0 Å². The van der Waals surface area contributed by atoms with E-state index in [2.05, 4.69) is 9.80 Å². The summed E-state index contributed by atoms with van der Waals surface area (Å²) in [5, 5.41) is 0. The van der Waals surface area contributed by atoms with Gasteiger partial charge in [0, 0.05) is 19.1 Å². The molecule has 0 spiro atoms. The summed E-state index contributed by atoms with van der Waals surface area (Å²) in [5.41, 5.74) is 1.07. The lowest BCUT2D eigenvalue weighted by molar-refractivity contribution is -0.131. The molecule has 3 rings (SSSR count). The van der Waals surface area contributed by atoms with E-state index in [4.69, 9.17) is 4.74 Å². The molecule has 2 aliphatic rings. The minimum absolute atomic E-state index is 0.270. The summed E-state index contributed by atoms with van der Waals surface area (Å²) in [5.74, 6) is 1.11. The molecule has 1 aromatic rings. The number of ether oxygens (including phenoxy) is 1. The number of amides is 1. The van der Waals surface area contributed by atoms with Gasteiger partial charge in [0.25, 0.3) is 0 Å². The summed E-state index contributed by atoms with van der Waals surface area (Å²) in [6.45, 7) is 4.40. The molecule has 120 valence electrons. The van der Waals surface area contributed by atoms with Crippen LogP contribution in [0.15, 0.2) is 24.3 Å². The van der Waals surface area contributed by atoms with E-state index in [1.54, 1.807) is 7.11 Å². The monoisotopic (exact) mass is 302 g/mol. The predicted octanol–water partition coefficient (Wildman–Crippen LogP) is 2.32. The largest absolute Gasteiger partial charge is 0.497 e. The molecule has 0 saturated carbocycles. The lowest BCUT2D eigenvalue weighted by Gasteiger charge is -2.28. The van der Waals surface area contributed by atoms with E-state index in [0.29, 0.717) is 12.5 Å². The Labute approximate surface area is 133 Å². The quantitative estimate of drug-likeness (QED) is 0.837. The summed E-state index contributed by atoms with van der Waals surface area (Å²) in [6, 6.07) is 8.25. The first-order valence-corrected chi connectivity index (χ1v) is 8.41. The Kier molecular flexibility index (Phi) is 4.98. The first kappa shape index (κ1) is 15.3. The van der Waals surface area contributed by atoms with E-state index in [1.807, 2.05) is 24.3 Å². The summed E-state index contributed by atoms with van der Waals surface area (Å²) >= 11 is 0. The van der Waals surface area contributed by atoms with Crippen LogP contribution in [0.25, 0.3) is 0 Å². The highest BCUT2D eigenvalue weighted by atomic mass is 16.5. The Hall–Kier alpha value is -1.55. The molecule has 1 amide bonds. The summed E-state index contributed by atoms with van der Waals surface area (Å²) < 4.78 is 5.16. The molecule has 4 heteroatoms. The maximum Gasteiger partial charge on any atom is 0.227 e. The third kappa shape index (κ3) is 3.61. The Morgan fingerprint density at radius 3 is 2.55 bits per heavy atom. The molecule has 1 aromatic carbocycles. The molecule has 0 radical (unpaired) electrons. The van der Waals surface area contributed by atoms with Gasteiger partial charge in [-0.3, -0.25) is 4.79 Å². The standard InChI is InChI=1S/C18H26N2O2/c1-22-17-8-6-15(7-9-17)13-18(21)20-12-4-5-16(20)14-19-10-2-3-11-19/h6-9,16H,2-5,10-14H2,1H3/t16-/m0/s1. The molecule has 22 heavy (non-hydrogen) atoms. The van der Waals surface area contributed by atoms with Gasteiger partial charge in [-0.15, -0.1) is 0 Å². The van der Waals surface area contributed by atoms with Crippen LogP contribution >= 0.6 is 0 Å². The number of carbonyl (C=O) groups excluding carboxylic acids is 1. The third-order valence-electron chi connectivity index (χ3n) is 4.88. The number of nitrogens with zero attached hydrogens (tertiary/aromatic N) is 2. The van der Waals surface area contributed by atoms with Crippen molar-refractivity contribution in [1.29, 1.82) is 0 Å². The molecule has 0 aliphatic carbocycles. The Morgan fingerprint density at radius 1 is 1.14 bits per heavy atom. The van der Waals surface area contributed by atoms with Crippen LogP contribution in [0.2, 0.25) is 0 Å². The number of carbonyl (C=O) groups is 1. The summed E-state index contributed by atoms with van der Waals surface area (Å²) in [4.78, 5) is 17.3. The number of likely N-dealkylation sites (tertiary alicyclic amines) is 2. The normalized spacial score (nSPS) is 22.2. The van der Waals surface area contributed by atoms with Crippen molar-refractivity contribution in [1.82, 2.24) is 9.80 Å². The van der Waals surface area contributed by atoms with Crippen LogP contribution in [-0.4, -0.2) is 55.0 Å². The Bertz CT molecular complexity index is 494. The molecule has 2 heterocycles. The van der Waals surface area contributed by atoms with Gasteiger partial charge in [0.1, 0.15) is 5.75 Å². The smallest absolute Gasteiger partial charge is 0.227 e. The zero-order chi connectivity index (χ0) is 15.4. The zero-order valence-electron chi connectivity index (χ0n) is 13.5. The number of rotatable bonds is 5. The van der Waals surface area contributed by atoms with Gasteiger partial charge in [-0.1, -0.05) is 12.1 Å². The molecule has 0 N–H and O–H groups in total. The van der Waals surface area contributed by atoms with Crippen LogP contribution in [0.5, 0.6) is 5.75 Å². The van der Waals surface area contributed by atoms with Gasteiger partial charge in [0.15, 0.2) is 0 Å². The first-order valence-electron chi connectivity index (χ1n) is 8.41. The van der Waals surface area contributed by atoms with Gasteiger partial charge in [-0.05, 0) is 56.5 Å². The summed E-state index contributed by atoms with van der Waals surface area (Å²) in [6.07, 6.45) is 5.43. The maximum atomic E-state index is 12.6. The van der Waals surface area contributed by atoms with E-state index in [9.17, 15) is 4.79 Å². The number of benzene rings is 1. The number of hydrogen-bond donors (Lipinski definition) is 0. The van der Waals surface area contributed by atoms with Crippen LogP contribution in [-0.2, 0) is 11.2 Å². The second kappa shape index (κ2) is 7.14. The fourth-order valence-corrected chi connectivity index (χ4v) is 3.64. The average molecular weight is 302 g/mol. The summed E-state index contributed by atoms with van der Waals surface area (Å²) in [7, 11) is 1.66. The van der Waals surface area contributed by atoms with Crippen molar-refractivity contribution in [3.63, 3.8) is 0 Å². The SMILES string of the molecule is COc1ccc(CC(=O)N2CCC[C@H]2CN2CCCC2)cc1. The van der Waals surface area contributed by atoms with Crippen molar-refractivity contribution in [3.8, 4) is 5.75 Å².